The van der Waals surface area contributed by atoms with Gasteiger partial charge in [0.25, 0.3) is 5.91 Å². The van der Waals surface area contributed by atoms with Crippen molar-refractivity contribution >= 4 is 28.0 Å². The Morgan fingerprint density at radius 1 is 1.27 bits per heavy atom. The molecule has 1 aromatic carbocycles. The summed E-state index contributed by atoms with van der Waals surface area (Å²) in [6.45, 7) is 1.91. The lowest BCUT2D eigenvalue weighted by atomic mass is 10.1. The summed E-state index contributed by atoms with van der Waals surface area (Å²) in [5.41, 5.74) is 3.16. The van der Waals surface area contributed by atoms with Crippen molar-refractivity contribution in [3.8, 4) is 17.0 Å². The molecular formula is C19H16N4O2S. The fourth-order valence-corrected chi connectivity index (χ4v) is 3.51. The minimum Gasteiger partial charge on any atom is -0.497 e. The van der Waals surface area contributed by atoms with Crippen LogP contribution in [0.5, 0.6) is 5.75 Å². The van der Waals surface area contributed by atoms with Crippen molar-refractivity contribution in [1.29, 1.82) is 0 Å². The number of imidazole rings is 1. The molecule has 3 heterocycles. The number of fused-ring (bicyclic) bond motifs is 1. The highest BCUT2D eigenvalue weighted by molar-refractivity contribution is 7.15. The number of ether oxygens (including phenoxy) is 1. The molecule has 0 aliphatic rings. The van der Waals surface area contributed by atoms with Crippen molar-refractivity contribution in [2.45, 2.75) is 6.92 Å². The van der Waals surface area contributed by atoms with Gasteiger partial charge in [-0.25, -0.2) is 9.97 Å². The molecule has 7 heteroatoms. The smallest absolute Gasteiger partial charge is 0.274 e. The van der Waals surface area contributed by atoms with E-state index in [2.05, 4.69) is 15.3 Å². The third-order valence-electron chi connectivity index (χ3n) is 4.05. The van der Waals surface area contributed by atoms with Gasteiger partial charge in [-0.3, -0.25) is 9.20 Å². The zero-order valence-electron chi connectivity index (χ0n) is 14.3. The van der Waals surface area contributed by atoms with E-state index in [4.69, 9.17) is 4.74 Å². The van der Waals surface area contributed by atoms with Crippen molar-refractivity contribution < 1.29 is 9.53 Å². The van der Waals surface area contributed by atoms with Crippen LogP contribution in [0.2, 0.25) is 0 Å². The molecule has 26 heavy (non-hydrogen) atoms. The second-order valence-electron chi connectivity index (χ2n) is 5.75. The maximum Gasteiger partial charge on any atom is 0.274 e. The summed E-state index contributed by atoms with van der Waals surface area (Å²) in [5.74, 6) is 1.11. The average molecular weight is 364 g/mol. The molecule has 0 aliphatic carbocycles. The number of pyridine rings is 1. The topological polar surface area (TPSA) is 68.5 Å². The molecule has 0 radical (unpaired) electrons. The van der Waals surface area contributed by atoms with Crippen LogP contribution in [0.4, 0.5) is 5.82 Å². The summed E-state index contributed by atoms with van der Waals surface area (Å²) in [6.07, 6.45) is 3.52. The van der Waals surface area contributed by atoms with Crippen molar-refractivity contribution in [2.75, 3.05) is 12.4 Å². The molecule has 1 N–H and O–H groups in total. The van der Waals surface area contributed by atoms with Crippen LogP contribution in [0.1, 0.15) is 16.1 Å². The van der Waals surface area contributed by atoms with Crippen LogP contribution < -0.4 is 10.1 Å². The predicted molar refractivity (Wildman–Crippen MR) is 102 cm³/mol. The van der Waals surface area contributed by atoms with Gasteiger partial charge in [0.2, 0.25) is 0 Å². The molecule has 6 nitrogen and oxygen atoms in total. The van der Waals surface area contributed by atoms with Crippen LogP contribution in [0, 0.1) is 6.92 Å². The largest absolute Gasteiger partial charge is 0.497 e. The molecule has 0 aliphatic heterocycles. The van der Waals surface area contributed by atoms with E-state index in [0.717, 1.165) is 27.5 Å². The van der Waals surface area contributed by atoms with Crippen LogP contribution >= 0.6 is 11.3 Å². The number of rotatable bonds is 4. The lowest BCUT2D eigenvalue weighted by Crippen LogP contribution is -2.15. The number of thiazole rings is 1. The van der Waals surface area contributed by atoms with E-state index < -0.39 is 0 Å². The summed E-state index contributed by atoms with van der Waals surface area (Å²) >= 11 is 1.42. The number of aryl methyl sites for hydroxylation is 1. The van der Waals surface area contributed by atoms with Gasteiger partial charge in [-0.1, -0.05) is 18.2 Å². The number of hydrogen-bond acceptors (Lipinski definition) is 5. The first kappa shape index (κ1) is 16.3. The quantitative estimate of drug-likeness (QED) is 0.594. The first-order valence-electron chi connectivity index (χ1n) is 7.99. The number of anilines is 1. The lowest BCUT2D eigenvalue weighted by Gasteiger charge is -2.06. The maximum atomic E-state index is 12.7. The number of aromatic nitrogens is 3. The van der Waals surface area contributed by atoms with Gasteiger partial charge < -0.3 is 10.1 Å². The third kappa shape index (κ3) is 2.93. The lowest BCUT2D eigenvalue weighted by molar-refractivity contribution is 0.102. The molecule has 0 atom stereocenters. The van der Waals surface area contributed by atoms with Gasteiger partial charge in [-0.2, -0.15) is 0 Å². The molecule has 0 fully saturated rings. The Labute approximate surface area is 154 Å². The van der Waals surface area contributed by atoms with Crippen LogP contribution in [0.3, 0.4) is 0 Å². The molecule has 1 amide bonds. The first-order valence-corrected chi connectivity index (χ1v) is 8.87. The van der Waals surface area contributed by atoms with Gasteiger partial charge in [0.1, 0.15) is 17.3 Å². The minimum atomic E-state index is -0.215. The number of carbonyl (C=O) groups is 1. The van der Waals surface area contributed by atoms with Crippen molar-refractivity contribution in [3.05, 3.63) is 65.4 Å². The third-order valence-corrected chi connectivity index (χ3v) is 4.89. The molecule has 4 rings (SSSR count). The summed E-state index contributed by atoms with van der Waals surface area (Å²) in [7, 11) is 1.63. The number of hydrogen-bond donors (Lipinski definition) is 1. The molecule has 0 saturated carbocycles. The van der Waals surface area contributed by atoms with E-state index in [-0.39, 0.29) is 5.91 Å². The highest BCUT2D eigenvalue weighted by Crippen LogP contribution is 2.26. The molecule has 0 saturated heterocycles. The number of carbonyl (C=O) groups excluding carboxylic acids is 1. The van der Waals surface area contributed by atoms with Gasteiger partial charge in [0.15, 0.2) is 4.96 Å². The Balaban J connectivity index is 1.67. The second-order valence-corrected chi connectivity index (χ2v) is 6.59. The monoisotopic (exact) mass is 364 g/mol. The van der Waals surface area contributed by atoms with E-state index >= 15 is 0 Å². The van der Waals surface area contributed by atoms with E-state index in [1.165, 1.54) is 11.3 Å². The summed E-state index contributed by atoms with van der Waals surface area (Å²) in [4.78, 5) is 22.3. The number of nitrogens with zero attached hydrogens (tertiary/aromatic N) is 3. The van der Waals surface area contributed by atoms with Gasteiger partial charge in [-0.05, 0) is 30.7 Å². The Morgan fingerprint density at radius 3 is 2.96 bits per heavy atom. The molecule has 130 valence electrons. The van der Waals surface area contributed by atoms with Gasteiger partial charge >= 0.3 is 0 Å². The summed E-state index contributed by atoms with van der Waals surface area (Å²) in [5, 5.41) is 4.66. The van der Waals surface area contributed by atoms with Crippen molar-refractivity contribution in [3.63, 3.8) is 0 Å². The number of benzene rings is 1. The Hall–Kier alpha value is -3.19. The summed E-state index contributed by atoms with van der Waals surface area (Å²) < 4.78 is 7.07. The van der Waals surface area contributed by atoms with Crippen LogP contribution in [-0.4, -0.2) is 27.4 Å². The van der Waals surface area contributed by atoms with Gasteiger partial charge in [0.05, 0.1) is 12.8 Å². The molecule has 0 bridgehead atoms. The number of nitrogens with one attached hydrogen (secondary N) is 1. The molecule has 4 aromatic rings. The predicted octanol–water partition coefficient (Wildman–Crippen LogP) is 4.03. The van der Waals surface area contributed by atoms with Crippen molar-refractivity contribution in [2.24, 2.45) is 0 Å². The van der Waals surface area contributed by atoms with Crippen molar-refractivity contribution in [1.82, 2.24) is 14.4 Å². The van der Waals surface area contributed by atoms with Crippen LogP contribution in [-0.2, 0) is 0 Å². The Bertz CT molecular complexity index is 1100. The zero-order chi connectivity index (χ0) is 18.1. The first-order chi connectivity index (χ1) is 12.7. The molecule has 0 spiro atoms. The fourth-order valence-electron chi connectivity index (χ4n) is 2.66. The average Bonchev–Trinajstić information content (AvgIpc) is 3.24. The van der Waals surface area contributed by atoms with Gasteiger partial charge in [0, 0.05) is 23.3 Å². The molecule has 3 aromatic heterocycles. The Morgan fingerprint density at radius 2 is 2.15 bits per heavy atom. The second kappa shape index (κ2) is 6.61. The normalized spacial score (nSPS) is 10.8. The standard InChI is InChI=1S/C19H16N4O2S/c1-12-5-4-8-20-17(12)22-18(24)16-11-26-19-21-15(10-23(16)19)13-6-3-7-14(9-13)25-2/h3-11H,1-2H3,(H,20,22,24). The van der Waals surface area contributed by atoms with Crippen LogP contribution in [0.25, 0.3) is 16.2 Å². The van der Waals surface area contributed by atoms with E-state index in [1.54, 1.807) is 23.1 Å². The SMILES string of the molecule is COc1cccc(-c2cn3c(C(=O)Nc4ncccc4C)csc3n2)c1. The van der Waals surface area contributed by atoms with E-state index in [0.29, 0.717) is 11.5 Å². The summed E-state index contributed by atoms with van der Waals surface area (Å²) in [6, 6.07) is 11.4. The highest BCUT2D eigenvalue weighted by Gasteiger charge is 2.16. The molecule has 0 unspecified atom stereocenters. The molecular weight excluding hydrogens is 348 g/mol. The van der Waals surface area contributed by atoms with Crippen LogP contribution in [0.15, 0.2) is 54.2 Å². The zero-order valence-corrected chi connectivity index (χ0v) is 15.1. The number of amides is 1. The highest BCUT2D eigenvalue weighted by atomic mass is 32.1. The van der Waals surface area contributed by atoms with Gasteiger partial charge in [-0.15, -0.1) is 11.3 Å². The Kier molecular flexibility index (Phi) is 4.14. The van der Waals surface area contributed by atoms with E-state index in [1.807, 2.05) is 49.5 Å². The number of methoxy groups -OCH3 is 1. The fraction of sp³-hybridized carbons (Fsp3) is 0.105. The van der Waals surface area contributed by atoms with E-state index in [9.17, 15) is 4.79 Å². The minimum absolute atomic E-state index is 0.215. The maximum absolute atomic E-state index is 12.7.